The Morgan fingerprint density at radius 3 is 2.24 bits per heavy atom. The molecule has 3 aromatic rings. The van der Waals surface area contributed by atoms with E-state index >= 15 is 0 Å². The first-order chi connectivity index (χ1) is 18.2. The van der Waals surface area contributed by atoms with Crippen molar-refractivity contribution in [2.24, 2.45) is 0 Å². The average Bonchev–Trinajstić information content (AvgIpc) is 2.89. The number of benzene rings is 3. The minimum atomic E-state index is -0.697. The van der Waals surface area contributed by atoms with Gasteiger partial charge < -0.3 is 24.2 Å². The van der Waals surface area contributed by atoms with Crippen LogP contribution in [0.2, 0.25) is 0 Å². The van der Waals surface area contributed by atoms with E-state index in [2.05, 4.69) is 0 Å². The molecule has 2 amide bonds. The topological polar surface area (TPSA) is 88.5 Å². The summed E-state index contributed by atoms with van der Waals surface area (Å²) in [6.45, 7) is 5.62. The van der Waals surface area contributed by atoms with Gasteiger partial charge in [0.05, 0.1) is 11.7 Å². The molecule has 0 radical (unpaired) electrons. The number of hydrogen-bond donors (Lipinski definition) is 1. The lowest BCUT2D eigenvalue weighted by Crippen LogP contribution is -2.59. The van der Waals surface area contributed by atoms with Crippen molar-refractivity contribution in [3.05, 3.63) is 84.4 Å². The summed E-state index contributed by atoms with van der Waals surface area (Å²) in [4.78, 5) is 29.1. The fourth-order valence-electron chi connectivity index (χ4n) is 4.21. The van der Waals surface area contributed by atoms with Gasteiger partial charge in [-0.2, -0.15) is 0 Å². The third-order valence-electron chi connectivity index (χ3n) is 5.99. The van der Waals surface area contributed by atoms with E-state index in [9.17, 15) is 14.7 Å². The summed E-state index contributed by atoms with van der Waals surface area (Å²) in [5.41, 5.74) is 0.908. The molecule has 0 aromatic heterocycles. The molecule has 200 valence electrons. The molecule has 8 heteroatoms. The molecule has 0 saturated carbocycles. The van der Waals surface area contributed by atoms with E-state index < -0.39 is 17.7 Å². The van der Waals surface area contributed by atoms with Crippen LogP contribution in [-0.2, 0) is 16.1 Å². The summed E-state index contributed by atoms with van der Waals surface area (Å²) in [6, 6.07) is 24.1. The highest BCUT2D eigenvalue weighted by atomic mass is 16.6. The largest absolute Gasteiger partial charge is 0.485 e. The number of carbonyl (C=O) groups excluding carboxylic acids is 2. The van der Waals surface area contributed by atoms with Crippen LogP contribution < -0.4 is 14.4 Å². The molecule has 1 fully saturated rings. The maximum absolute atomic E-state index is 13.3. The van der Waals surface area contributed by atoms with Gasteiger partial charge >= 0.3 is 6.09 Å². The van der Waals surface area contributed by atoms with Gasteiger partial charge in [-0.05, 0) is 57.0 Å². The number of nitrogens with zero attached hydrogens (tertiary/aromatic N) is 2. The molecule has 1 aliphatic heterocycles. The molecule has 1 unspecified atom stereocenters. The summed E-state index contributed by atoms with van der Waals surface area (Å²) in [7, 11) is 0. The number of aliphatic hydroxyl groups excluding tert-OH is 1. The maximum atomic E-state index is 13.3. The van der Waals surface area contributed by atoms with Gasteiger partial charge in [0, 0.05) is 13.2 Å². The normalized spacial score (nSPS) is 15.8. The highest BCUT2D eigenvalue weighted by molar-refractivity contribution is 5.98. The van der Waals surface area contributed by atoms with Gasteiger partial charge in [0.2, 0.25) is 5.91 Å². The SMILES string of the molecule is CC(C)(C)OC(=O)N1CC(=O)N(c2ccccc2Oc2ccccc2OCc2ccccc2)CC1CCO. The van der Waals surface area contributed by atoms with E-state index in [0.29, 0.717) is 36.0 Å². The van der Waals surface area contributed by atoms with Gasteiger partial charge in [-0.25, -0.2) is 4.79 Å². The predicted molar refractivity (Wildman–Crippen MR) is 145 cm³/mol. The molecule has 1 aliphatic rings. The van der Waals surface area contributed by atoms with Gasteiger partial charge in [-0.3, -0.25) is 9.69 Å². The van der Waals surface area contributed by atoms with Crippen LogP contribution in [0.1, 0.15) is 32.8 Å². The Morgan fingerprint density at radius 1 is 0.921 bits per heavy atom. The van der Waals surface area contributed by atoms with Crippen LogP contribution in [0.15, 0.2) is 78.9 Å². The van der Waals surface area contributed by atoms with E-state index in [1.165, 1.54) is 4.90 Å². The summed E-state index contributed by atoms with van der Waals surface area (Å²) >= 11 is 0. The highest BCUT2D eigenvalue weighted by Crippen LogP contribution is 2.38. The molecule has 0 spiro atoms. The molecule has 0 aliphatic carbocycles. The zero-order valence-corrected chi connectivity index (χ0v) is 22.0. The third kappa shape index (κ3) is 6.83. The number of ether oxygens (including phenoxy) is 3. The molecule has 3 aromatic carbocycles. The van der Waals surface area contributed by atoms with Crippen LogP contribution in [0.25, 0.3) is 0 Å². The lowest BCUT2D eigenvalue weighted by molar-refractivity contribution is -0.122. The lowest BCUT2D eigenvalue weighted by Gasteiger charge is -2.41. The number of carbonyl (C=O) groups is 2. The van der Waals surface area contributed by atoms with Crippen LogP contribution in [0.4, 0.5) is 10.5 Å². The van der Waals surface area contributed by atoms with E-state index in [0.717, 1.165) is 5.56 Å². The van der Waals surface area contributed by atoms with Crippen LogP contribution in [0, 0.1) is 0 Å². The Labute approximate surface area is 223 Å². The van der Waals surface area contributed by atoms with Gasteiger partial charge in [0.15, 0.2) is 17.2 Å². The van der Waals surface area contributed by atoms with E-state index in [1.807, 2.05) is 66.7 Å². The Morgan fingerprint density at radius 2 is 1.55 bits per heavy atom. The number of hydrogen-bond acceptors (Lipinski definition) is 6. The smallest absolute Gasteiger partial charge is 0.411 e. The Bertz CT molecular complexity index is 1240. The first kappa shape index (κ1) is 27.0. The van der Waals surface area contributed by atoms with E-state index in [4.69, 9.17) is 14.2 Å². The van der Waals surface area contributed by atoms with Crippen LogP contribution in [0.3, 0.4) is 0 Å². The number of amides is 2. The zero-order chi connectivity index (χ0) is 27.1. The maximum Gasteiger partial charge on any atom is 0.411 e. The number of anilines is 1. The van der Waals surface area contributed by atoms with E-state index in [1.54, 1.807) is 37.8 Å². The van der Waals surface area contributed by atoms with Gasteiger partial charge in [-0.15, -0.1) is 0 Å². The van der Waals surface area contributed by atoms with Crippen molar-refractivity contribution in [1.82, 2.24) is 4.90 Å². The predicted octanol–water partition coefficient (Wildman–Crippen LogP) is 5.39. The second-order valence-electron chi connectivity index (χ2n) is 10.1. The van der Waals surface area contributed by atoms with Crippen molar-refractivity contribution >= 4 is 17.7 Å². The Kier molecular flexibility index (Phi) is 8.53. The van der Waals surface area contributed by atoms with Crippen molar-refractivity contribution < 1.29 is 28.9 Å². The second kappa shape index (κ2) is 12.0. The van der Waals surface area contributed by atoms with Gasteiger partial charge in [-0.1, -0.05) is 54.6 Å². The zero-order valence-electron chi connectivity index (χ0n) is 22.0. The average molecular weight is 519 g/mol. The highest BCUT2D eigenvalue weighted by Gasteiger charge is 2.38. The van der Waals surface area contributed by atoms with Crippen molar-refractivity contribution in [3.63, 3.8) is 0 Å². The van der Waals surface area contributed by atoms with Crippen LogP contribution >= 0.6 is 0 Å². The third-order valence-corrected chi connectivity index (χ3v) is 5.99. The molecule has 1 heterocycles. The molecule has 8 nitrogen and oxygen atoms in total. The minimum Gasteiger partial charge on any atom is -0.485 e. The molecule has 38 heavy (non-hydrogen) atoms. The first-order valence-corrected chi connectivity index (χ1v) is 12.7. The lowest BCUT2D eigenvalue weighted by atomic mass is 10.1. The number of para-hydroxylation sites is 4. The number of aliphatic hydroxyl groups is 1. The van der Waals surface area contributed by atoms with Gasteiger partial charge in [0.1, 0.15) is 18.8 Å². The van der Waals surface area contributed by atoms with Gasteiger partial charge in [0.25, 0.3) is 0 Å². The summed E-state index contributed by atoms with van der Waals surface area (Å²) < 4.78 is 17.8. The van der Waals surface area contributed by atoms with Crippen molar-refractivity contribution in [1.29, 1.82) is 0 Å². The molecule has 1 N–H and O–H groups in total. The first-order valence-electron chi connectivity index (χ1n) is 12.7. The molecule has 1 atom stereocenters. The van der Waals surface area contributed by atoms with Crippen molar-refractivity contribution in [2.45, 2.75) is 45.4 Å². The van der Waals surface area contributed by atoms with Crippen LogP contribution in [-0.4, -0.2) is 53.3 Å². The summed E-state index contributed by atoms with van der Waals surface area (Å²) in [6.07, 6.45) is -0.264. The fraction of sp³-hybridized carbons (Fsp3) is 0.333. The number of rotatable bonds is 8. The molecular formula is C30H34N2O6. The summed E-state index contributed by atoms with van der Waals surface area (Å²) in [5.74, 6) is 1.30. The Hall–Kier alpha value is -4.04. The van der Waals surface area contributed by atoms with Crippen molar-refractivity contribution in [3.8, 4) is 17.2 Å². The quantitative estimate of drug-likeness (QED) is 0.430. The summed E-state index contributed by atoms with van der Waals surface area (Å²) in [5, 5.41) is 9.67. The van der Waals surface area contributed by atoms with E-state index in [-0.39, 0.29) is 25.6 Å². The Balaban J connectivity index is 1.55. The second-order valence-corrected chi connectivity index (χ2v) is 10.1. The standard InChI is InChI=1S/C30H34N2O6/c1-30(2,3)38-29(35)31-20-28(34)32(19-23(31)17-18-33)24-13-7-8-14-25(24)37-27-16-10-9-15-26(27)36-21-22-11-5-4-6-12-22/h4-16,23,33H,17-21H2,1-3H3. The molecule has 4 rings (SSSR count). The molecule has 1 saturated heterocycles. The van der Waals surface area contributed by atoms with Crippen molar-refractivity contribution in [2.75, 3.05) is 24.6 Å². The molecular weight excluding hydrogens is 484 g/mol. The fourth-order valence-corrected chi connectivity index (χ4v) is 4.21. The number of piperazine rings is 1. The molecule has 0 bridgehead atoms. The minimum absolute atomic E-state index is 0.129. The monoisotopic (exact) mass is 518 g/mol. The van der Waals surface area contributed by atoms with Crippen LogP contribution in [0.5, 0.6) is 17.2 Å².